The molecule has 20 heavy (non-hydrogen) atoms. The molecule has 1 aliphatic rings. The second-order valence-corrected chi connectivity index (χ2v) is 4.67. The Morgan fingerprint density at radius 3 is 2.55 bits per heavy atom. The lowest BCUT2D eigenvalue weighted by molar-refractivity contribution is -0.142. The molecule has 0 aliphatic carbocycles. The number of rotatable bonds is 4. The van der Waals surface area contributed by atoms with Gasteiger partial charge in [0.15, 0.2) is 0 Å². The van der Waals surface area contributed by atoms with Gasteiger partial charge in [0.25, 0.3) is 0 Å². The number of carbonyl (C=O) groups is 2. The van der Waals surface area contributed by atoms with Gasteiger partial charge in [0, 0.05) is 11.8 Å². The number of halogens is 2. The zero-order valence-corrected chi connectivity index (χ0v) is 10.6. The Labute approximate surface area is 114 Å². The maximum Gasteiger partial charge on any atom is 0.320 e. The van der Waals surface area contributed by atoms with Crippen LogP contribution in [0.1, 0.15) is 12.8 Å². The van der Waals surface area contributed by atoms with Gasteiger partial charge in [-0.1, -0.05) is 0 Å². The third-order valence-corrected chi connectivity index (χ3v) is 3.14. The van der Waals surface area contributed by atoms with E-state index in [0.29, 0.717) is 25.5 Å². The highest BCUT2D eigenvalue weighted by Crippen LogP contribution is 2.18. The van der Waals surface area contributed by atoms with Crippen LogP contribution < -0.4 is 5.32 Å². The Balaban J connectivity index is 1.97. The molecule has 1 fully saturated rings. The van der Waals surface area contributed by atoms with Crippen molar-refractivity contribution in [1.82, 2.24) is 4.90 Å². The monoisotopic (exact) mass is 284 g/mol. The van der Waals surface area contributed by atoms with E-state index in [9.17, 15) is 18.4 Å². The number of amides is 1. The molecule has 0 spiro atoms. The topological polar surface area (TPSA) is 69.6 Å². The van der Waals surface area contributed by atoms with E-state index < -0.39 is 29.6 Å². The lowest BCUT2D eigenvalue weighted by atomic mass is 10.2. The molecule has 1 aromatic carbocycles. The predicted molar refractivity (Wildman–Crippen MR) is 67.2 cm³/mol. The Kier molecular flexibility index (Phi) is 4.29. The highest BCUT2D eigenvalue weighted by Gasteiger charge is 2.31. The van der Waals surface area contributed by atoms with Crippen molar-refractivity contribution in [2.24, 2.45) is 0 Å². The van der Waals surface area contributed by atoms with Gasteiger partial charge in [0.1, 0.15) is 17.7 Å². The number of carboxylic acids is 1. The molecule has 2 N–H and O–H groups in total. The standard InChI is InChI=1S/C13H14F2N2O3/c14-8-4-9(15)6-10(5-8)16-12(18)7-17-3-1-2-11(17)13(19)20/h4-6,11H,1-3,7H2,(H,16,18)(H,19,20). The van der Waals surface area contributed by atoms with Gasteiger partial charge in [-0.25, -0.2) is 8.78 Å². The Bertz CT molecular complexity index is 516. The molecule has 1 saturated heterocycles. The summed E-state index contributed by atoms with van der Waals surface area (Å²) in [5.74, 6) is -3.04. The van der Waals surface area contributed by atoms with Gasteiger partial charge in [0.2, 0.25) is 5.91 Å². The lowest BCUT2D eigenvalue weighted by Gasteiger charge is -2.20. The summed E-state index contributed by atoms with van der Waals surface area (Å²) in [6, 6.07) is 2.03. The predicted octanol–water partition coefficient (Wildman–Crippen LogP) is 1.45. The third kappa shape index (κ3) is 3.51. The van der Waals surface area contributed by atoms with Crippen molar-refractivity contribution >= 4 is 17.6 Å². The first-order chi connectivity index (χ1) is 9.45. The van der Waals surface area contributed by atoms with Crippen molar-refractivity contribution in [1.29, 1.82) is 0 Å². The van der Waals surface area contributed by atoms with E-state index >= 15 is 0 Å². The van der Waals surface area contributed by atoms with E-state index in [1.807, 2.05) is 0 Å². The average Bonchev–Trinajstić information content (AvgIpc) is 2.75. The van der Waals surface area contributed by atoms with Crippen molar-refractivity contribution < 1.29 is 23.5 Å². The lowest BCUT2D eigenvalue weighted by Crippen LogP contribution is -2.40. The highest BCUT2D eigenvalue weighted by molar-refractivity contribution is 5.92. The Hall–Kier alpha value is -2.02. The van der Waals surface area contributed by atoms with Crippen LogP contribution >= 0.6 is 0 Å². The molecule has 108 valence electrons. The molecule has 1 unspecified atom stereocenters. The number of hydrogen-bond acceptors (Lipinski definition) is 3. The van der Waals surface area contributed by atoms with Gasteiger partial charge in [-0.05, 0) is 31.5 Å². The molecule has 0 radical (unpaired) electrons. The van der Waals surface area contributed by atoms with Crippen LogP contribution in [-0.4, -0.2) is 41.0 Å². The molecule has 7 heteroatoms. The first-order valence-corrected chi connectivity index (χ1v) is 6.18. The minimum absolute atomic E-state index is 0.0126. The van der Waals surface area contributed by atoms with Gasteiger partial charge in [0.05, 0.1) is 6.54 Å². The van der Waals surface area contributed by atoms with Crippen LogP contribution in [0, 0.1) is 11.6 Å². The summed E-state index contributed by atoms with van der Waals surface area (Å²) in [7, 11) is 0. The summed E-state index contributed by atoms with van der Waals surface area (Å²) in [5.41, 5.74) is 0.0126. The van der Waals surface area contributed by atoms with Crippen LogP contribution in [-0.2, 0) is 9.59 Å². The maximum atomic E-state index is 13.0. The Morgan fingerprint density at radius 1 is 1.30 bits per heavy atom. The molecule has 2 rings (SSSR count). The highest BCUT2D eigenvalue weighted by atomic mass is 19.1. The molecule has 0 aromatic heterocycles. The van der Waals surface area contributed by atoms with Crippen LogP contribution in [0.5, 0.6) is 0 Å². The molecule has 1 amide bonds. The fourth-order valence-corrected chi connectivity index (χ4v) is 2.31. The summed E-state index contributed by atoms with van der Waals surface area (Å²) in [6.45, 7) is 0.400. The smallest absolute Gasteiger partial charge is 0.320 e. The first-order valence-electron chi connectivity index (χ1n) is 6.18. The fraction of sp³-hybridized carbons (Fsp3) is 0.385. The van der Waals surface area contributed by atoms with Crippen LogP contribution in [0.2, 0.25) is 0 Å². The molecule has 0 saturated carbocycles. The number of nitrogens with zero attached hydrogens (tertiary/aromatic N) is 1. The minimum Gasteiger partial charge on any atom is -0.480 e. The second kappa shape index (κ2) is 5.96. The van der Waals surface area contributed by atoms with Gasteiger partial charge in [-0.2, -0.15) is 0 Å². The number of carbonyl (C=O) groups excluding carboxylic acids is 1. The maximum absolute atomic E-state index is 13.0. The van der Waals surface area contributed by atoms with E-state index in [1.54, 1.807) is 0 Å². The van der Waals surface area contributed by atoms with Crippen molar-refractivity contribution in [3.05, 3.63) is 29.8 Å². The summed E-state index contributed by atoms with van der Waals surface area (Å²) in [4.78, 5) is 24.3. The van der Waals surface area contributed by atoms with Gasteiger partial charge >= 0.3 is 5.97 Å². The SMILES string of the molecule is O=C(CN1CCCC1C(=O)O)Nc1cc(F)cc(F)c1. The number of hydrogen-bond donors (Lipinski definition) is 2. The van der Waals surface area contributed by atoms with E-state index in [2.05, 4.69) is 5.32 Å². The van der Waals surface area contributed by atoms with Gasteiger partial charge in [-0.3, -0.25) is 14.5 Å². The van der Waals surface area contributed by atoms with Crippen LogP contribution in [0.4, 0.5) is 14.5 Å². The molecule has 1 aliphatic heterocycles. The van der Waals surface area contributed by atoms with E-state index in [1.165, 1.54) is 4.90 Å². The van der Waals surface area contributed by atoms with Gasteiger partial charge in [-0.15, -0.1) is 0 Å². The summed E-state index contributed by atoms with van der Waals surface area (Å²) < 4.78 is 25.9. The number of aliphatic carboxylic acids is 1. The van der Waals surface area contributed by atoms with Crippen molar-refractivity contribution in [2.45, 2.75) is 18.9 Å². The van der Waals surface area contributed by atoms with Crippen LogP contribution in [0.3, 0.4) is 0 Å². The van der Waals surface area contributed by atoms with E-state index in [-0.39, 0.29) is 12.2 Å². The summed E-state index contributed by atoms with van der Waals surface area (Å²) in [6.07, 6.45) is 1.20. The largest absolute Gasteiger partial charge is 0.480 e. The van der Waals surface area contributed by atoms with E-state index in [4.69, 9.17) is 5.11 Å². The number of carboxylic acid groups (broad SMARTS) is 1. The molecule has 1 heterocycles. The second-order valence-electron chi connectivity index (χ2n) is 4.67. The average molecular weight is 284 g/mol. The number of anilines is 1. The Morgan fingerprint density at radius 2 is 1.95 bits per heavy atom. The molecular formula is C13H14F2N2O3. The van der Waals surface area contributed by atoms with Crippen molar-refractivity contribution in [3.63, 3.8) is 0 Å². The normalized spacial score (nSPS) is 19.0. The minimum atomic E-state index is -0.966. The quantitative estimate of drug-likeness (QED) is 0.878. The summed E-state index contributed by atoms with van der Waals surface area (Å²) >= 11 is 0. The van der Waals surface area contributed by atoms with Crippen LogP contribution in [0.15, 0.2) is 18.2 Å². The number of nitrogens with one attached hydrogen (secondary N) is 1. The molecule has 1 aromatic rings. The van der Waals surface area contributed by atoms with Gasteiger partial charge < -0.3 is 10.4 Å². The molecular weight excluding hydrogens is 270 g/mol. The number of benzene rings is 1. The molecule has 5 nitrogen and oxygen atoms in total. The third-order valence-electron chi connectivity index (χ3n) is 3.14. The van der Waals surface area contributed by atoms with Crippen molar-refractivity contribution in [3.8, 4) is 0 Å². The fourth-order valence-electron chi connectivity index (χ4n) is 2.31. The molecule has 1 atom stereocenters. The van der Waals surface area contributed by atoms with Crippen molar-refractivity contribution in [2.75, 3.05) is 18.4 Å². The molecule has 0 bridgehead atoms. The van der Waals surface area contributed by atoms with Crippen LogP contribution in [0.25, 0.3) is 0 Å². The number of likely N-dealkylation sites (tertiary alicyclic amines) is 1. The summed E-state index contributed by atoms with van der Waals surface area (Å²) in [5, 5.41) is 11.3. The zero-order valence-electron chi connectivity index (χ0n) is 10.6. The van der Waals surface area contributed by atoms with E-state index in [0.717, 1.165) is 12.1 Å². The first kappa shape index (κ1) is 14.4. The zero-order chi connectivity index (χ0) is 14.7.